The summed E-state index contributed by atoms with van der Waals surface area (Å²) in [5.41, 5.74) is 1.85. The summed E-state index contributed by atoms with van der Waals surface area (Å²) in [6.45, 7) is 7.04. The van der Waals surface area contributed by atoms with E-state index in [1.54, 1.807) is 12.1 Å². The van der Waals surface area contributed by atoms with Crippen molar-refractivity contribution in [2.24, 2.45) is 0 Å². The molecule has 0 amide bonds. The van der Waals surface area contributed by atoms with Gasteiger partial charge in [-0.2, -0.15) is 0 Å². The van der Waals surface area contributed by atoms with Crippen LogP contribution in [0, 0.1) is 0 Å². The summed E-state index contributed by atoms with van der Waals surface area (Å²) in [6, 6.07) is 5.27. The molecule has 0 spiro atoms. The van der Waals surface area contributed by atoms with Gasteiger partial charge in [-0.3, -0.25) is 0 Å². The summed E-state index contributed by atoms with van der Waals surface area (Å²) in [7, 11) is 0. The van der Waals surface area contributed by atoms with Crippen molar-refractivity contribution in [3.05, 3.63) is 29.6 Å². The van der Waals surface area contributed by atoms with E-state index in [1.165, 1.54) is 0 Å². The van der Waals surface area contributed by atoms with Crippen LogP contribution in [0.15, 0.2) is 18.2 Å². The second kappa shape index (κ2) is 4.80. The molecule has 1 aromatic carbocycles. The zero-order chi connectivity index (χ0) is 13.3. The van der Waals surface area contributed by atoms with Gasteiger partial charge in [-0.1, -0.05) is 26.8 Å². The molecule has 2 rings (SSSR count). The number of aromatic nitrogens is 2. The second-order valence-corrected chi connectivity index (χ2v) is 4.75. The van der Waals surface area contributed by atoms with Crippen LogP contribution in [0.5, 0.6) is 0 Å². The molecule has 2 aromatic rings. The summed E-state index contributed by atoms with van der Waals surface area (Å²) >= 11 is 0. The van der Waals surface area contributed by atoms with Crippen molar-refractivity contribution >= 4 is 17.0 Å². The topological polar surface area (TPSA) is 55.1 Å². The van der Waals surface area contributed by atoms with Gasteiger partial charge >= 0.3 is 5.97 Å². The molecule has 0 fully saturated rings. The Morgan fingerprint density at radius 2 is 2.17 bits per heavy atom. The van der Waals surface area contributed by atoms with Crippen molar-refractivity contribution in [2.75, 3.05) is 0 Å². The van der Waals surface area contributed by atoms with E-state index in [0.717, 1.165) is 29.8 Å². The third-order valence-corrected chi connectivity index (χ3v) is 2.99. The third-order valence-electron chi connectivity index (χ3n) is 2.99. The molecule has 18 heavy (non-hydrogen) atoms. The Morgan fingerprint density at radius 1 is 1.44 bits per heavy atom. The van der Waals surface area contributed by atoms with Crippen molar-refractivity contribution < 1.29 is 9.90 Å². The molecule has 0 atom stereocenters. The van der Waals surface area contributed by atoms with Gasteiger partial charge in [-0.05, 0) is 18.6 Å². The Bertz CT molecular complexity index is 585. The molecule has 0 unspecified atom stereocenters. The molecule has 0 saturated heterocycles. The van der Waals surface area contributed by atoms with Gasteiger partial charge in [0.1, 0.15) is 5.82 Å². The summed E-state index contributed by atoms with van der Waals surface area (Å²) in [5.74, 6) is 0.347. The Kier molecular flexibility index (Phi) is 3.36. The Morgan fingerprint density at radius 3 is 2.72 bits per heavy atom. The quantitative estimate of drug-likeness (QED) is 0.900. The molecule has 4 nitrogen and oxygen atoms in total. The van der Waals surface area contributed by atoms with Crippen molar-refractivity contribution in [3.63, 3.8) is 0 Å². The number of rotatable bonds is 4. The van der Waals surface area contributed by atoms with E-state index in [2.05, 4.69) is 25.8 Å². The first kappa shape index (κ1) is 12.6. The van der Waals surface area contributed by atoms with Crippen molar-refractivity contribution in [1.29, 1.82) is 0 Å². The van der Waals surface area contributed by atoms with Crippen LogP contribution in [-0.4, -0.2) is 20.6 Å². The SMILES string of the molecule is CCCn1c(C(C)C)nc2cccc(C(=O)O)c21. The van der Waals surface area contributed by atoms with Crippen molar-refractivity contribution in [3.8, 4) is 0 Å². The molecular formula is C14H18N2O2. The summed E-state index contributed by atoms with van der Waals surface area (Å²) in [5, 5.41) is 9.28. The number of aryl methyl sites for hydroxylation is 1. The van der Waals surface area contributed by atoms with Gasteiger partial charge in [0.15, 0.2) is 0 Å². The third kappa shape index (κ3) is 1.98. The lowest BCUT2D eigenvalue weighted by Crippen LogP contribution is -2.07. The van der Waals surface area contributed by atoms with Crippen LogP contribution in [0.2, 0.25) is 0 Å². The molecule has 4 heteroatoms. The van der Waals surface area contributed by atoms with E-state index in [-0.39, 0.29) is 5.92 Å². The smallest absolute Gasteiger partial charge is 0.337 e. The number of benzene rings is 1. The maximum absolute atomic E-state index is 11.3. The van der Waals surface area contributed by atoms with Gasteiger partial charge < -0.3 is 9.67 Å². The lowest BCUT2D eigenvalue weighted by molar-refractivity contribution is 0.0698. The predicted molar refractivity (Wildman–Crippen MR) is 71.1 cm³/mol. The minimum atomic E-state index is -0.895. The summed E-state index contributed by atoms with van der Waals surface area (Å²) in [6.07, 6.45) is 0.957. The summed E-state index contributed by atoms with van der Waals surface area (Å²) in [4.78, 5) is 15.9. The second-order valence-electron chi connectivity index (χ2n) is 4.75. The highest BCUT2D eigenvalue weighted by Crippen LogP contribution is 2.25. The number of aromatic carboxylic acids is 1. The highest BCUT2D eigenvalue weighted by molar-refractivity contribution is 6.01. The Hall–Kier alpha value is -1.84. The maximum Gasteiger partial charge on any atom is 0.337 e. The van der Waals surface area contributed by atoms with Crippen LogP contribution in [0.3, 0.4) is 0 Å². The van der Waals surface area contributed by atoms with E-state index >= 15 is 0 Å². The first-order valence-corrected chi connectivity index (χ1v) is 6.28. The largest absolute Gasteiger partial charge is 0.478 e. The number of carbonyl (C=O) groups is 1. The first-order chi connectivity index (χ1) is 8.56. The number of fused-ring (bicyclic) bond motifs is 1. The van der Waals surface area contributed by atoms with Gasteiger partial charge in [0.05, 0.1) is 16.6 Å². The number of hydrogen-bond donors (Lipinski definition) is 1. The molecule has 0 aliphatic carbocycles. The van der Waals surface area contributed by atoms with Gasteiger partial charge in [0, 0.05) is 12.5 Å². The van der Waals surface area contributed by atoms with E-state index in [4.69, 9.17) is 0 Å². The van der Waals surface area contributed by atoms with Gasteiger partial charge in [-0.15, -0.1) is 0 Å². The number of carboxylic acid groups (broad SMARTS) is 1. The monoisotopic (exact) mass is 246 g/mol. The van der Waals surface area contributed by atoms with E-state index < -0.39 is 5.97 Å². The zero-order valence-corrected chi connectivity index (χ0v) is 11.0. The molecule has 1 heterocycles. The van der Waals surface area contributed by atoms with Crippen LogP contribution in [0.25, 0.3) is 11.0 Å². The first-order valence-electron chi connectivity index (χ1n) is 6.28. The standard InChI is InChI=1S/C14H18N2O2/c1-4-8-16-12-10(14(17)18)6-5-7-11(12)15-13(16)9(2)3/h5-7,9H,4,8H2,1-3H3,(H,17,18). The Balaban J connectivity index is 2.78. The fourth-order valence-electron chi connectivity index (χ4n) is 2.27. The number of imidazole rings is 1. The van der Waals surface area contributed by atoms with E-state index in [0.29, 0.717) is 5.56 Å². The number of carboxylic acids is 1. The molecule has 0 bridgehead atoms. The average Bonchev–Trinajstić information content (AvgIpc) is 2.68. The molecular weight excluding hydrogens is 228 g/mol. The lowest BCUT2D eigenvalue weighted by atomic mass is 10.1. The molecule has 96 valence electrons. The molecule has 1 N–H and O–H groups in total. The van der Waals surface area contributed by atoms with Gasteiger partial charge in [0.2, 0.25) is 0 Å². The van der Waals surface area contributed by atoms with Crippen molar-refractivity contribution in [1.82, 2.24) is 9.55 Å². The molecule has 1 aromatic heterocycles. The van der Waals surface area contributed by atoms with Crippen LogP contribution in [0.1, 0.15) is 49.3 Å². The number of hydrogen-bond acceptors (Lipinski definition) is 2. The van der Waals surface area contributed by atoms with E-state index in [1.807, 2.05) is 10.6 Å². The highest BCUT2D eigenvalue weighted by atomic mass is 16.4. The fourth-order valence-corrected chi connectivity index (χ4v) is 2.27. The van der Waals surface area contributed by atoms with Crippen LogP contribution in [0.4, 0.5) is 0 Å². The fraction of sp³-hybridized carbons (Fsp3) is 0.429. The minimum Gasteiger partial charge on any atom is -0.478 e. The van der Waals surface area contributed by atoms with Gasteiger partial charge in [-0.25, -0.2) is 9.78 Å². The number of para-hydroxylation sites is 1. The van der Waals surface area contributed by atoms with Crippen LogP contribution < -0.4 is 0 Å². The zero-order valence-electron chi connectivity index (χ0n) is 11.0. The molecule has 0 radical (unpaired) electrons. The van der Waals surface area contributed by atoms with Gasteiger partial charge in [0.25, 0.3) is 0 Å². The normalized spacial score (nSPS) is 11.3. The molecule has 0 aliphatic heterocycles. The Labute approximate surface area is 106 Å². The van der Waals surface area contributed by atoms with Crippen LogP contribution in [-0.2, 0) is 6.54 Å². The summed E-state index contributed by atoms with van der Waals surface area (Å²) < 4.78 is 2.05. The minimum absolute atomic E-state index is 0.283. The predicted octanol–water partition coefficient (Wildman–Crippen LogP) is 3.27. The lowest BCUT2D eigenvalue weighted by Gasteiger charge is -2.11. The van der Waals surface area contributed by atoms with Crippen LogP contribution >= 0.6 is 0 Å². The molecule has 0 saturated carbocycles. The van der Waals surface area contributed by atoms with E-state index in [9.17, 15) is 9.90 Å². The molecule has 0 aliphatic rings. The average molecular weight is 246 g/mol. The van der Waals surface area contributed by atoms with Crippen molar-refractivity contribution in [2.45, 2.75) is 39.7 Å². The maximum atomic E-state index is 11.3. The number of nitrogens with zero attached hydrogens (tertiary/aromatic N) is 2. The highest BCUT2D eigenvalue weighted by Gasteiger charge is 2.18.